The van der Waals surface area contributed by atoms with Crippen LogP contribution < -0.4 is 16.4 Å². The lowest BCUT2D eigenvalue weighted by atomic mass is 10.2. The van der Waals surface area contributed by atoms with E-state index in [1.807, 2.05) is 30.3 Å². The summed E-state index contributed by atoms with van der Waals surface area (Å²) in [5, 5.41) is 0. The van der Waals surface area contributed by atoms with Gasteiger partial charge in [0.15, 0.2) is 0 Å². The maximum Gasteiger partial charge on any atom is 0.223 e. The van der Waals surface area contributed by atoms with Crippen LogP contribution in [-0.2, 0) is 0 Å². The maximum absolute atomic E-state index is 5.75. The van der Waals surface area contributed by atoms with Crippen molar-refractivity contribution >= 4 is 23.3 Å². The summed E-state index contributed by atoms with van der Waals surface area (Å²) >= 11 is 0. The summed E-state index contributed by atoms with van der Waals surface area (Å²) in [6, 6.07) is 11.8. The first kappa shape index (κ1) is 13.1. The molecule has 0 bridgehead atoms. The van der Waals surface area contributed by atoms with Crippen molar-refractivity contribution in [3.63, 3.8) is 0 Å². The molecule has 5 heteroatoms. The number of unbranched alkanes of at least 4 members (excludes halogenated alkanes) is 1. The van der Waals surface area contributed by atoms with E-state index in [0.717, 1.165) is 30.9 Å². The minimum absolute atomic E-state index is 0.201. The second kappa shape index (κ2) is 6.04. The molecule has 0 amide bonds. The Morgan fingerprint density at radius 3 is 2.47 bits per heavy atom. The van der Waals surface area contributed by atoms with Gasteiger partial charge in [-0.2, -0.15) is 9.97 Å². The SMILES string of the molecule is CCCCN(c1ccccc1)c1cc(N)nc(N)n1. The van der Waals surface area contributed by atoms with Gasteiger partial charge in [-0.15, -0.1) is 0 Å². The molecule has 0 spiro atoms. The fourth-order valence-corrected chi connectivity index (χ4v) is 1.91. The molecule has 0 atom stereocenters. The Morgan fingerprint density at radius 1 is 1.11 bits per heavy atom. The van der Waals surface area contributed by atoms with E-state index in [-0.39, 0.29) is 5.95 Å². The molecule has 0 radical (unpaired) electrons. The van der Waals surface area contributed by atoms with Gasteiger partial charge in [-0.25, -0.2) is 0 Å². The number of anilines is 4. The summed E-state index contributed by atoms with van der Waals surface area (Å²) in [4.78, 5) is 10.3. The Labute approximate surface area is 113 Å². The van der Waals surface area contributed by atoms with E-state index in [9.17, 15) is 0 Å². The van der Waals surface area contributed by atoms with Crippen LogP contribution in [0.3, 0.4) is 0 Å². The standard InChI is InChI=1S/C14H19N5/c1-2-3-9-19(11-7-5-4-6-8-11)13-10-12(15)17-14(16)18-13/h4-8,10H,2-3,9H2,1H3,(H4,15,16,17,18). The third-order valence-corrected chi connectivity index (χ3v) is 2.83. The number of benzene rings is 1. The van der Waals surface area contributed by atoms with Crippen LogP contribution in [-0.4, -0.2) is 16.5 Å². The van der Waals surface area contributed by atoms with Crippen LogP contribution >= 0.6 is 0 Å². The molecule has 100 valence electrons. The molecule has 0 unspecified atom stereocenters. The summed E-state index contributed by atoms with van der Waals surface area (Å²) in [5.74, 6) is 1.33. The number of hydrogen-bond donors (Lipinski definition) is 2. The van der Waals surface area contributed by atoms with Gasteiger partial charge in [-0.1, -0.05) is 31.5 Å². The van der Waals surface area contributed by atoms with Gasteiger partial charge in [0.05, 0.1) is 0 Å². The lowest BCUT2D eigenvalue weighted by molar-refractivity contribution is 0.779. The van der Waals surface area contributed by atoms with Crippen molar-refractivity contribution in [1.82, 2.24) is 9.97 Å². The van der Waals surface area contributed by atoms with Gasteiger partial charge in [-0.3, -0.25) is 0 Å². The molecule has 0 fully saturated rings. The van der Waals surface area contributed by atoms with Gasteiger partial charge >= 0.3 is 0 Å². The van der Waals surface area contributed by atoms with Crippen LogP contribution in [0.15, 0.2) is 36.4 Å². The predicted molar refractivity (Wildman–Crippen MR) is 79.2 cm³/mol. The minimum Gasteiger partial charge on any atom is -0.383 e. The molecular formula is C14H19N5. The number of aromatic nitrogens is 2. The summed E-state index contributed by atoms with van der Waals surface area (Å²) in [6.45, 7) is 3.03. The van der Waals surface area contributed by atoms with E-state index in [1.165, 1.54) is 0 Å². The van der Waals surface area contributed by atoms with Gasteiger partial charge < -0.3 is 16.4 Å². The van der Waals surface area contributed by atoms with Crippen LogP contribution in [0.1, 0.15) is 19.8 Å². The Morgan fingerprint density at radius 2 is 1.84 bits per heavy atom. The highest BCUT2D eigenvalue weighted by Gasteiger charge is 2.11. The molecule has 2 aromatic rings. The zero-order valence-electron chi connectivity index (χ0n) is 11.1. The van der Waals surface area contributed by atoms with Gasteiger partial charge in [-0.05, 0) is 18.6 Å². The van der Waals surface area contributed by atoms with Gasteiger partial charge in [0.1, 0.15) is 11.6 Å². The normalized spacial score (nSPS) is 10.4. The Hall–Kier alpha value is -2.30. The number of nitrogens with two attached hydrogens (primary N) is 2. The topological polar surface area (TPSA) is 81.1 Å². The van der Waals surface area contributed by atoms with Crippen molar-refractivity contribution in [2.24, 2.45) is 0 Å². The zero-order chi connectivity index (χ0) is 13.7. The van der Waals surface area contributed by atoms with Crippen LogP contribution in [0.25, 0.3) is 0 Å². The molecule has 1 heterocycles. The third kappa shape index (κ3) is 3.34. The van der Waals surface area contributed by atoms with E-state index in [4.69, 9.17) is 11.5 Å². The van der Waals surface area contributed by atoms with E-state index in [0.29, 0.717) is 5.82 Å². The van der Waals surface area contributed by atoms with Crippen molar-refractivity contribution in [1.29, 1.82) is 0 Å². The zero-order valence-corrected chi connectivity index (χ0v) is 11.1. The number of para-hydroxylation sites is 1. The van der Waals surface area contributed by atoms with Gasteiger partial charge in [0, 0.05) is 18.3 Å². The molecule has 0 aliphatic heterocycles. The molecule has 2 rings (SSSR count). The average molecular weight is 257 g/mol. The van der Waals surface area contributed by atoms with Crippen molar-refractivity contribution in [3.05, 3.63) is 36.4 Å². The molecular weight excluding hydrogens is 238 g/mol. The van der Waals surface area contributed by atoms with E-state index < -0.39 is 0 Å². The molecule has 5 nitrogen and oxygen atoms in total. The number of nitrogens with zero attached hydrogens (tertiary/aromatic N) is 3. The molecule has 4 N–H and O–H groups in total. The summed E-state index contributed by atoms with van der Waals surface area (Å²) in [6.07, 6.45) is 2.18. The maximum atomic E-state index is 5.75. The Balaban J connectivity index is 2.36. The summed E-state index contributed by atoms with van der Waals surface area (Å²) in [5.41, 5.74) is 12.5. The molecule has 0 saturated carbocycles. The van der Waals surface area contributed by atoms with Crippen LogP contribution in [0.2, 0.25) is 0 Å². The number of rotatable bonds is 5. The first-order valence-corrected chi connectivity index (χ1v) is 6.43. The largest absolute Gasteiger partial charge is 0.383 e. The quantitative estimate of drug-likeness (QED) is 0.860. The fraction of sp³-hybridized carbons (Fsp3) is 0.286. The first-order chi connectivity index (χ1) is 9.20. The van der Waals surface area contributed by atoms with Gasteiger partial charge in [0.25, 0.3) is 0 Å². The minimum atomic E-state index is 0.201. The highest BCUT2D eigenvalue weighted by atomic mass is 15.2. The highest BCUT2D eigenvalue weighted by molar-refractivity contribution is 5.62. The molecule has 0 saturated heterocycles. The number of hydrogen-bond acceptors (Lipinski definition) is 5. The fourth-order valence-electron chi connectivity index (χ4n) is 1.91. The van der Waals surface area contributed by atoms with Crippen molar-refractivity contribution < 1.29 is 0 Å². The Kier molecular flexibility index (Phi) is 4.18. The van der Waals surface area contributed by atoms with Gasteiger partial charge in [0.2, 0.25) is 5.95 Å². The summed E-state index contributed by atoms with van der Waals surface area (Å²) in [7, 11) is 0. The van der Waals surface area contributed by atoms with Crippen molar-refractivity contribution in [2.45, 2.75) is 19.8 Å². The predicted octanol–water partition coefficient (Wildman–Crippen LogP) is 2.58. The lowest BCUT2D eigenvalue weighted by Crippen LogP contribution is -2.20. The molecule has 1 aromatic carbocycles. The smallest absolute Gasteiger partial charge is 0.223 e. The van der Waals surface area contributed by atoms with Crippen LogP contribution in [0.5, 0.6) is 0 Å². The third-order valence-electron chi connectivity index (χ3n) is 2.83. The highest BCUT2D eigenvalue weighted by Crippen LogP contribution is 2.25. The molecule has 0 aliphatic rings. The van der Waals surface area contributed by atoms with E-state index in [2.05, 4.69) is 21.8 Å². The second-order valence-corrected chi connectivity index (χ2v) is 4.35. The van der Waals surface area contributed by atoms with Crippen LogP contribution in [0, 0.1) is 0 Å². The lowest BCUT2D eigenvalue weighted by Gasteiger charge is -2.24. The van der Waals surface area contributed by atoms with E-state index >= 15 is 0 Å². The van der Waals surface area contributed by atoms with E-state index in [1.54, 1.807) is 6.07 Å². The number of nitrogen functional groups attached to an aromatic ring is 2. The van der Waals surface area contributed by atoms with Crippen molar-refractivity contribution in [3.8, 4) is 0 Å². The molecule has 0 aliphatic carbocycles. The summed E-state index contributed by atoms with van der Waals surface area (Å²) < 4.78 is 0. The first-order valence-electron chi connectivity index (χ1n) is 6.43. The van der Waals surface area contributed by atoms with Crippen LogP contribution in [0.4, 0.5) is 23.3 Å². The Bertz CT molecular complexity index is 506. The average Bonchev–Trinajstić information content (AvgIpc) is 2.39. The second-order valence-electron chi connectivity index (χ2n) is 4.35. The molecule has 1 aromatic heterocycles. The molecule has 19 heavy (non-hydrogen) atoms. The monoisotopic (exact) mass is 257 g/mol. The van der Waals surface area contributed by atoms with Crippen molar-refractivity contribution in [2.75, 3.05) is 22.9 Å².